The number of carbonyl (C=O) groups excluding carboxylic acids is 2. The van der Waals surface area contributed by atoms with Gasteiger partial charge in [0.15, 0.2) is 23.0 Å². The Kier molecular flexibility index (Phi) is 2.58. The molecule has 0 radical (unpaired) electrons. The van der Waals surface area contributed by atoms with Gasteiger partial charge < -0.3 is 20.4 Å². The van der Waals surface area contributed by atoms with Crippen molar-refractivity contribution in [3.8, 4) is 23.0 Å². The average Bonchev–Trinajstić information content (AvgIpc) is 2.58. The maximum atomic E-state index is 11.9. The Morgan fingerprint density at radius 2 is 0.808 bits per heavy atom. The van der Waals surface area contributed by atoms with E-state index < -0.39 is 23.4 Å². The molecule has 0 saturated heterocycles. The molecule has 0 amide bonds. The molecule has 4 aliphatic rings. The fraction of sp³-hybridized carbons (Fsp3) is 0.100. The number of phenols is 4. The first-order chi connectivity index (χ1) is 12.4. The summed E-state index contributed by atoms with van der Waals surface area (Å²) in [5.41, 5.74) is 4.02. The summed E-state index contributed by atoms with van der Waals surface area (Å²) in [6, 6.07) is 5.75. The molecule has 6 nitrogen and oxygen atoms in total. The maximum Gasteiger partial charge on any atom is 0.226 e. The third-order valence-electron chi connectivity index (χ3n) is 5.38. The molecule has 0 unspecified atom stereocenters. The summed E-state index contributed by atoms with van der Waals surface area (Å²) >= 11 is 0. The predicted octanol–water partition coefficient (Wildman–Crippen LogP) is 2.10. The number of benzene rings is 2. The number of hydrogen-bond acceptors (Lipinski definition) is 6. The highest BCUT2D eigenvalue weighted by atomic mass is 16.3. The Hall–Kier alpha value is -3.54. The van der Waals surface area contributed by atoms with E-state index in [-0.39, 0.29) is 23.0 Å². The average molecular weight is 348 g/mol. The Labute approximate surface area is 147 Å². The monoisotopic (exact) mass is 348 g/mol. The number of aromatic hydroxyl groups is 4. The Morgan fingerprint density at radius 3 is 1.08 bits per heavy atom. The molecule has 6 rings (SSSR count). The number of allylic oxidation sites excluding steroid dienone is 4. The molecule has 0 aromatic heterocycles. The highest BCUT2D eigenvalue weighted by molar-refractivity contribution is 6.47. The summed E-state index contributed by atoms with van der Waals surface area (Å²) in [7, 11) is 0. The molecule has 6 heteroatoms. The third kappa shape index (κ3) is 1.65. The van der Waals surface area contributed by atoms with Crippen LogP contribution >= 0.6 is 0 Å². The van der Waals surface area contributed by atoms with Crippen LogP contribution in [0.2, 0.25) is 0 Å². The zero-order valence-electron chi connectivity index (χ0n) is 13.2. The van der Waals surface area contributed by atoms with E-state index in [1.165, 1.54) is 36.4 Å². The van der Waals surface area contributed by atoms with Crippen molar-refractivity contribution in [2.45, 2.75) is 11.8 Å². The van der Waals surface area contributed by atoms with E-state index in [9.17, 15) is 30.0 Å². The number of carbonyl (C=O) groups is 2. The molecule has 0 saturated carbocycles. The zero-order valence-corrected chi connectivity index (χ0v) is 13.2. The van der Waals surface area contributed by atoms with Crippen molar-refractivity contribution >= 4 is 11.6 Å². The lowest BCUT2D eigenvalue weighted by Crippen LogP contribution is -2.32. The second-order valence-corrected chi connectivity index (χ2v) is 6.73. The van der Waals surface area contributed by atoms with E-state index in [1.54, 1.807) is 0 Å². The minimum Gasteiger partial charge on any atom is -0.504 e. The van der Waals surface area contributed by atoms with Crippen LogP contribution in [-0.4, -0.2) is 32.0 Å². The van der Waals surface area contributed by atoms with Crippen molar-refractivity contribution in [2.75, 3.05) is 0 Å². The van der Waals surface area contributed by atoms with E-state index in [0.717, 1.165) is 0 Å². The molecule has 0 aliphatic heterocycles. The van der Waals surface area contributed by atoms with Crippen LogP contribution in [0.25, 0.3) is 0 Å². The number of hydrogen-bond donors (Lipinski definition) is 4. The first-order valence-corrected chi connectivity index (χ1v) is 8.00. The predicted molar refractivity (Wildman–Crippen MR) is 89.4 cm³/mol. The minimum atomic E-state index is -0.620. The third-order valence-corrected chi connectivity index (χ3v) is 5.38. The molecule has 2 aromatic carbocycles. The number of phenolic OH excluding ortho intramolecular Hbond substituents is 4. The second-order valence-electron chi connectivity index (χ2n) is 6.73. The molecule has 0 heterocycles. The maximum absolute atomic E-state index is 11.9. The second kappa shape index (κ2) is 4.54. The Balaban J connectivity index is 1.91. The largest absolute Gasteiger partial charge is 0.504 e. The fourth-order valence-electron chi connectivity index (χ4n) is 4.31. The topological polar surface area (TPSA) is 115 Å². The van der Waals surface area contributed by atoms with Gasteiger partial charge in [0.25, 0.3) is 0 Å². The summed E-state index contributed by atoms with van der Waals surface area (Å²) in [6.45, 7) is 0. The quantitative estimate of drug-likeness (QED) is 0.329. The molecule has 4 aliphatic carbocycles. The van der Waals surface area contributed by atoms with Crippen molar-refractivity contribution in [3.05, 3.63) is 69.8 Å². The highest BCUT2D eigenvalue weighted by Gasteiger charge is 2.46. The standard InChI is InChI=1S/C20H12O6/c21-13-1-7-8(2-14(13)22)20-11-5-17(25)15(23)3-9(11)19(7)10-4-16(24)18(26)6-12(10)20/h1-6,19-23,25H. The smallest absolute Gasteiger partial charge is 0.226 e. The molecule has 4 N–H and O–H groups in total. The Morgan fingerprint density at radius 1 is 0.538 bits per heavy atom. The number of ketones is 2. The molecule has 128 valence electrons. The van der Waals surface area contributed by atoms with E-state index in [1.807, 2.05) is 0 Å². The van der Waals surface area contributed by atoms with Gasteiger partial charge in [0.2, 0.25) is 11.6 Å². The lowest BCUT2D eigenvalue weighted by Gasteiger charge is -2.44. The summed E-state index contributed by atoms with van der Waals surface area (Å²) in [6.07, 6.45) is 2.60. The van der Waals surface area contributed by atoms with Crippen LogP contribution in [0.15, 0.2) is 47.6 Å². The molecule has 2 bridgehead atoms. The van der Waals surface area contributed by atoms with E-state index >= 15 is 0 Å². The first kappa shape index (κ1) is 14.8. The van der Waals surface area contributed by atoms with Gasteiger partial charge >= 0.3 is 0 Å². The lowest BCUT2D eigenvalue weighted by molar-refractivity contribution is -0.131. The van der Waals surface area contributed by atoms with Gasteiger partial charge in [-0.15, -0.1) is 0 Å². The van der Waals surface area contributed by atoms with Gasteiger partial charge in [-0.2, -0.15) is 0 Å². The van der Waals surface area contributed by atoms with Crippen LogP contribution in [0, 0.1) is 0 Å². The molecule has 0 atom stereocenters. The van der Waals surface area contributed by atoms with Crippen molar-refractivity contribution in [3.63, 3.8) is 0 Å². The fourth-order valence-corrected chi connectivity index (χ4v) is 4.31. The molecule has 26 heavy (non-hydrogen) atoms. The highest BCUT2D eigenvalue weighted by Crippen LogP contribution is 2.60. The van der Waals surface area contributed by atoms with E-state index in [0.29, 0.717) is 33.4 Å². The molecule has 2 aromatic rings. The van der Waals surface area contributed by atoms with Crippen molar-refractivity contribution < 1.29 is 30.0 Å². The summed E-state index contributed by atoms with van der Waals surface area (Å²) in [5.74, 6) is -3.38. The SMILES string of the molecule is O=C1C=C2C(=CC1=O)C1c3cc(O)c(O)cc3C2c2cc(O)c(O)cc21. The van der Waals surface area contributed by atoms with Crippen LogP contribution in [0.1, 0.15) is 34.1 Å². The first-order valence-electron chi connectivity index (χ1n) is 8.00. The molecular weight excluding hydrogens is 336 g/mol. The van der Waals surface area contributed by atoms with Gasteiger partial charge in [0.05, 0.1) is 0 Å². The van der Waals surface area contributed by atoms with Gasteiger partial charge in [-0.1, -0.05) is 0 Å². The van der Waals surface area contributed by atoms with Gasteiger partial charge in [-0.3, -0.25) is 9.59 Å². The molecule has 0 spiro atoms. The lowest BCUT2D eigenvalue weighted by atomic mass is 9.58. The van der Waals surface area contributed by atoms with Gasteiger partial charge in [-0.25, -0.2) is 0 Å². The van der Waals surface area contributed by atoms with Crippen molar-refractivity contribution in [1.29, 1.82) is 0 Å². The summed E-state index contributed by atoms with van der Waals surface area (Å²) in [5, 5.41) is 39.8. The van der Waals surface area contributed by atoms with Crippen LogP contribution in [0.3, 0.4) is 0 Å². The van der Waals surface area contributed by atoms with Gasteiger partial charge in [0.1, 0.15) is 0 Å². The normalized spacial score (nSPS) is 22.3. The number of rotatable bonds is 0. The van der Waals surface area contributed by atoms with Gasteiger partial charge in [0, 0.05) is 11.8 Å². The van der Waals surface area contributed by atoms with E-state index in [2.05, 4.69) is 0 Å². The van der Waals surface area contributed by atoms with Crippen LogP contribution in [0.5, 0.6) is 23.0 Å². The molecule has 0 fully saturated rings. The molecular formula is C20H12O6. The van der Waals surface area contributed by atoms with Crippen LogP contribution in [0.4, 0.5) is 0 Å². The van der Waals surface area contributed by atoms with Gasteiger partial charge in [-0.05, 0) is 69.8 Å². The minimum absolute atomic E-state index is 0.287. The zero-order chi connectivity index (χ0) is 18.3. The van der Waals surface area contributed by atoms with Crippen molar-refractivity contribution in [2.24, 2.45) is 0 Å². The van der Waals surface area contributed by atoms with Crippen molar-refractivity contribution in [1.82, 2.24) is 0 Å². The van der Waals surface area contributed by atoms with Crippen LogP contribution in [-0.2, 0) is 9.59 Å². The van der Waals surface area contributed by atoms with Crippen LogP contribution < -0.4 is 0 Å². The van der Waals surface area contributed by atoms with E-state index in [4.69, 9.17) is 0 Å². The Bertz CT molecular complexity index is 974. The summed E-state index contributed by atoms with van der Waals surface area (Å²) < 4.78 is 0. The summed E-state index contributed by atoms with van der Waals surface area (Å²) in [4.78, 5) is 23.9.